The number of carboxylic acids is 1. The van der Waals surface area contributed by atoms with Crippen molar-refractivity contribution in [1.82, 2.24) is 0 Å². The Hall–Kier alpha value is -1.61. The molecule has 1 fully saturated rings. The van der Waals surface area contributed by atoms with E-state index in [1.165, 1.54) is 29.5 Å². The molecule has 0 saturated heterocycles. The van der Waals surface area contributed by atoms with E-state index in [4.69, 9.17) is 4.74 Å². The zero-order chi connectivity index (χ0) is 20.0. The van der Waals surface area contributed by atoms with Gasteiger partial charge in [0.25, 0.3) is 0 Å². The molecule has 3 heteroatoms. The fourth-order valence-corrected chi connectivity index (χ4v) is 4.06. The van der Waals surface area contributed by atoms with Crippen molar-refractivity contribution in [2.75, 3.05) is 0 Å². The lowest BCUT2D eigenvalue weighted by Gasteiger charge is -2.33. The van der Waals surface area contributed by atoms with Gasteiger partial charge in [-0.3, -0.25) is 0 Å². The second-order valence-corrected chi connectivity index (χ2v) is 10.1. The molecule has 1 aromatic carbocycles. The fourth-order valence-electron chi connectivity index (χ4n) is 4.06. The molecule has 1 N–H and O–H groups in total. The van der Waals surface area contributed by atoms with E-state index in [1.807, 2.05) is 27.7 Å². The van der Waals surface area contributed by atoms with Crippen molar-refractivity contribution in [3.63, 3.8) is 0 Å². The zero-order valence-corrected chi connectivity index (χ0v) is 17.7. The molecule has 0 spiro atoms. The van der Waals surface area contributed by atoms with Gasteiger partial charge in [0, 0.05) is 5.56 Å². The van der Waals surface area contributed by atoms with Crippen LogP contribution in [0.4, 0.5) is 0 Å². The van der Waals surface area contributed by atoms with Gasteiger partial charge in [0.2, 0.25) is 0 Å². The SMILES string of the molecule is Cc1ccc(C2CC2)c(C2=CCC(C)(C)CC2)c1C(OC(C)(C)C)C(=O)O. The van der Waals surface area contributed by atoms with E-state index < -0.39 is 17.7 Å². The number of hydrogen-bond acceptors (Lipinski definition) is 2. The third kappa shape index (κ3) is 4.63. The van der Waals surface area contributed by atoms with Gasteiger partial charge in [-0.15, -0.1) is 0 Å². The summed E-state index contributed by atoms with van der Waals surface area (Å²) in [5.41, 5.74) is 5.49. The largest absolute Gasteiger partial charge is 0.479 e. The highest BCUT2D eigenvalue weighted by atomic mass is 16.5. The minimum absolute atomic E-state index is 0.321. The van der Waals surface area contributed by atoms with E-state index in [0.717, 1.165) is 30.4 Å². The van der Waals surface area contributed by atoms with Crippen LogP contribution in [0.5, 0.6) is 0 Å². The van der Waals surface area contributed by atoms with Crippen LogP contribution in [0.1, 0.15) is 101 Å². The van der Waals surface area contributed by atoms with Gasteiger partial charge in [-0.25, -0.2) is 4.79 Å². The molecule has 2 aliphatic rings. The highest BCUT2D eigenvalue weighted by Crippen LogP contribution is 2.49. The summed E-state index contributed by atoms with van der Waals surface area (Å²) in [5.74, 6) is -0.335. The molecule has 0 aromatic heterocycles. The molecule has 3 rings (SSSR count). The molecule has 1 aromatic rings. The third-order valence-corrected chi connectivity index (χ3v) is 5.76. The quantitative estimate of drug-likeness (QED) is 0.651. The Morgan fingerprint density at radius 3 is 2.41 bits per heavy atom. The van der Waals surface area contributed by atoms with Gasteiger partial charge >= 0.3 is 5.97 Å². The van der Waals surface area contributed by atoms with Crippen molar-refractivity contribution in [2.45, 2.75) is 91.3 Å². The molecular weight excluding hydrogens is 336 g/mol. The van der Waals surface area contributed by atoms with Crippen LogP contribution in [0.25, 0.3) is 5.57 Å². The minimum atomic E-state index is -0.936. The highest BCUT2D eigenvalue weighted by molar-refractivity contribution is 5.82. The Morgan fingerprint density at radius 2 is 1.93 bits per heavy atom. The molecule has 1 saturated carbocycles. The summed E-state index contributed by atoms with van der Waals surface area (Å²) in [6, 6.07) is 4.31. The van der Waals surface area contributed by atoms with Crippen LogP contribution < -0.4 is 0 Å². The predicted octanol–water partition coefficient (Wildman–Crippen LogP) is 6.41. The van der Waals surface area contributed by atoms with E-state index in [1.54, 1.807) is 0 Å². The van der Waals surface area contributed by atoms with Crippen LogP contribution in [-0.4, -0.2) is 16.7 Å². The summed E-state index contributed by atoms with van der Waals surface area (Å²) in [6.07, 6.45) is 6.99. The second-order valence-electron chi connectivity index (χ2n) is 10.1. The smallest absolute Gasteiger partial charge is 0.337 e. The molecule has 1 unspecified atom stereocenters. The van der Waals surface area contributed by atoms with Gasteiger partial charge in [0.05, 0.1) is 5.60 Å². The first-order chi connectivity index (χ1) is 12.5. The lowest BCUT2D eigenvalue weighted by molar-refractivity contribution is -0.160. The van der Waals surface area contributed by atoms with Crippen LogP contribution in [-0.2, 0) is 9.53 Å². The number of allylic oxidation sites excluding steroid dienone is 2. The minimum Gasteiger partial charge on any atom is -0.479 e. The Bertz CT molecular complexity index is 761. The van der Waals surface area contributed by atoms with Crippen molar-refractivity contribution in [1.29, 1.82) is 0 Å². The maximum Gasteiger partial charge on any atom is 0.337 e. The summed E-state index contributed by atoms with van der Waals surface area (Å²) in [7, 11) is 0. The molecule has 0 bridgehead atoms. The number of hydrogen-bond donors (Lipinski definition) is 1. The molecule has 3 nitrogen and oxygen atoms in total. The summed E-state index contributed by atoms with van der Waals surface area (Å²) < 4.78 is 6.07. The Labute approximate surface area is 163 Å². The normalized spacial score (nSPS) is 20.9. The van der Waals surface area contributed by atoms with Crippen molar-refractivity contribution < 1.29 is 14.6 Å². The van der Waals surface area contributed by atoms with Gasteiger partial charge in [-0.05, 0) is 93.4 Å². The number of rotatable bonds is 5. The summed E-state index contributed by atoms with van der Waals surface area (Å²) >= 11 is 0. The van der Waals surface area contributed by atoms with Crippen molar-refractivity contribution in [3.8, 4) is 0 Å². The van der Waals surface area contributed by atoms with Crippen LogP contribution in [0.15, 0.2) is 18.2 Å². The maximum absolute atomic E-state index is 12.2. The third-order valence-electron chi connectivity index (χ3n) is 5.76. The monoisotopic (exact) mass is 370 g/mol. The molecular formula is C24H34O3. The molecule has 2 aliphatic carbocycles. The van der Waals surface area contributed by atoms with E-state index >= 15 is 0 Å². The number of carbonyl (C=O) groups is 1. The summed E-state index contributed by atoms with van der Waals surface area (Å²) in [6.45, 7) is 12.4. The van der Waals surface area contributed by atoms with Crippen LogP contribution in [0, 0.1) is 12.3 Å². The van der Waals surface area contributed by atoms with Crippen molar-refractivity contribution >= 4 is 11.5 Å². The lowest BCUT2D eigenvalue weighted by atomic mass is 9.74. The summed E-state index contributed by atoms with van der Waals surface area (Å²) in [4.78, 5) is 12.2. The van der Waals surface area contributed by atoms with Gasteiger partial charge in [-0.2, -0.15) is 0 Å². The topological polar surface area (TPSA) is 46.5 Å². The van der Waals surface area contributed by atoms with Crippen molar-refractivity contribution in [3.05, 3.63) is 40.5 Å². The number of aliphatic carboxylic acids is 1. The molecule has 0 heterocycles. The van der Waals surface area contributed by atoms with Gasteiger partial charge in [0.15, 0.2) is 6.10 Å². The van der Waals surface area contributed by atoms with Gasteiger partial charge in [0.1, 0.15) is 0 Å². The first-order valence-corrected chi connectivity index (χ1v) is 10.2. The Morgan fingerprint density at radius 1 is 1.26 bits per heavy atom. The van der Waals surface area contributed by atoms with Crippen molar-refractivity contribution in [2.24, 2.45) is 5.41 Å². The number of aryl methyl sites for hydroxylation is 1. The lowest BCUT2D eigenvalue weighted by Crippen LogP contribution is -2.29. The first kappa shape index (κ1) is 20.1. The van der Waals surface area contributed by atoms with Gasteiger partial charge in [-0.1, -0.05) is 32.1 Å². The fraction of sp³-hybridized carbons (Fsp3) is 0.625. The van der Waals surface area contributed by atoms with E-state index in [-0.39, 0.29) is 0 Å². The van der Waals surface area contributed by atoms with Crippen LogP contribution in [0.2, 0.25) is 0 Å². The highest BCUT2D eigenvalue weighted by Gasteiger charge is 2.36. The zero-order valence-electron chi connectivity index (χ0n) is 17.7. The number of ether oxygens (including phenoxy) is 1. The number of carboxylic acid groups (broad SMARTS) is 1. The second kappa shape index (κ2) is 7.09. The maximum atomic E-state index is 12.2. The molecule has 0 amide bonds. The molecule has 1 atom stereocenters. The molecule has 0 aliphatic heterocycles. The summed E-state index contributed by atoms with van der Waals surface area (Å²) in [5, 5.41) is 10.0. The molecule has 27 heavy (non-hydrogen) atoms. The average molecular weight is 371 g/mol. The average Bonchev–Trinajstić information content (AvgIpc) is 3.36. The van der Waals surface area contributed by atoms with E-state index in [2.05, 4.69) is 32.1 Å². The molecule has 148 valence electrons. The van der Waals surface area contributed by atoms with E-state index in [9.17, 15) is 9.90 Å². The Kier molecular flexibility index (Phi) is 5.28. The predicted molar refractivity (Wildman–Crippen MR) is 110 cm³/mol. The van der Waals surface area contributed by atoms with E-state index in [0.29, 0.717) is 11.3 Å². The van der Waals surface area contributed by atoms with Gasteiger partial charge < -0.3 is 9.84 Å². The Balaban J connectivity index is 2.16. The van der Waals surface area contributed by atoms with Crippen LogP contribution >= 0.6 is 0 Å². The standard InChI is InChI=1S/C24H34O3/c1-15-7-10-18(16-8-9-16)20(17-11-13-24(5,6)14-12-17)19(15)21(22(25)26)27-23(2,3)4/h7,10-11,16,21H,8-9,12-14H2,1-6H3,(H,25,26). The molecule has 0 radical (unpaired) electrons. The van der Waals surface area contributed by atoms with Crippen LogP contribution in [0.3, 0.4) is 0 Å². The number of benzene rings is 1. The first-order valence-electron chi connectivity index (χ1n) is 10.2.